The lowest BCUT2D eigenvalue weighted by atomic mass is 10.1. The van der Waals surface area contributed by atoms with E-state index in [1.54, 1.807) is 11.0 Å². The summed E-state index contributed by atoms with van der Waals surface area (Å²) in [6.45, 7) is 0.316. The Kier molecular flexibility index (Phi) is 5.38. The topological polar surface area (TPSA) is 92.1 Å². The number of carbonyl (C=O) groups excluding carboxylic acids is 1. The Bertz CT molecular complexity index is 805. The molecule has 7 heteroatoms. The normalized spacial score (nSPS) is 11.7. The van der Waals surface area contributed by atoms with Gasteiger partial charge in [-0.25, -0.2) is 14.5 Å². The Morgan fingerprint density at radius 2 is 1.88 bits per heavy atom. The van der Waals surface area contributed by atoms with Crippen LogP contribution in [0.15, 0.2) is 67.3 Å². The number of rotatable bonds is 6. The number of urea groups is 1. The van der Waals surface area contributed by atoms with E-state index in [1.807, 2.05) is 54.6 Å². The number of carbonyl (C=O) groups is 1. The van der Waals surface area contributed by atoms with Crippen LogP contribution in [0.4, 0.5) is 10.5 Å². The molecule has 25 heavy (non-hydrogen) atoms. The van der Waals surface area contributed by atoms with Gasteiger partial charge in [0.15, 0.2) is 0 Å². The molecule has 0 aliphatic carbocycles. The second-order valence-corrected chi connectivity index (χ2v) is 5.49. The molecule has 0 aliphatic heterocycles. The van der Waals surface area contributed by atoms with Crippen LogP contribution < -0.4 is 10.6 Å². The van der Waals surface area contributed by atoms with Gasteiger partial charge in [-0.15, -0.1) is 0 Å². The van der Waals surface area contributed by atoms with E-state index in [-0.39, 0.29) is 12.6 Å². The number of nitrogens with one attached hydrogen (secondary N) is 2. The van der Waals surface area contributed by atoms with Gasteiger partial charge >= 0.3 is 6.03 Å². The van der Waals surface area contributed by atoms with Gasteiger partial charge in [0.2, 0.25) is 0 Å². The zero-order valence-electron chi connectivity index (χ0n) is 13.5. The Morgan fingerprint density at radius 1 is 1.12 bits per heavy atom. The SMILES string of the molecule is O=C(Nc1ccccc1Cn1cncn1)N[C@H](CO)c1ccccc1. The highest BCUT2D eigenvalue weighted by Crippen LogP contribution is 2.17. The summed E-state index contributed by atoms with van der Waals surface area (Å²) in [5.41, 5.74) is 2.43. The van der Waals surface area contributed by atoms with E-state index in [1.165, 1.54) is 6.33 Å². The molecular weight excluding hydrogens is 318 g/mol. The van der Waals surface area contributed by atoms with Crippen molar-refractivity contribution in [1.82, 2.24) is 20.1 Å². The maximum Gasteiger partial charge on any atom is 0.319 e. The third-order valence-electron chi connectivity index (χ3n) is 3.75. The Hall–Kier alpha value is -3.19. The van der Waals surface area contributed by atoms with Gasteiger partial charge in [0, 0.05) is 5.69 Å². The lowest BCUT2D eigenvalue weighted by Gasteiger charge is -2.18. The average Bonchev–Trinajstić information content (AvgIpc) is 3.15. The molecule has 1 atom stereocenters. The van der Waals surface area contributed by atoms with Gasteiger partial charge in [0.05, 0.1) is 19.2 Å². The first-order valence-corrected chi connectivity index (χ1v) is 7.90. The van der Waals surface area contributed by atoms with Crippen molar-refractivity contribution >= 4 is 11.7 Å². The lowest BCUT2D eigenvalue weighted by Crippen LogP contribution is -2.34. The number of anilines is 1. The molecule has 7 nitrogen and oxygen atoms in total. The highest BCUT2D eigenvalue weighted by Gasteiger charge is 2.14. The molecule has 0 spiro atoms. The Balaban J connectivity index is 1.68. The smallest absolute Gasteiger partial charge is 0.319 e. The van der Waals surface area contributed by atoms with Crippen LogP contribution in [0.1, 0.15) is 17.2 Å². The molecule has 0 aliphatic rings. The van der Waals surface area contributed by atoms with Crippen LogP contribution in [0, 0.1) is 0 Å². The molecule has 3 rings (SSSR count). The summed E-state index contributed by atoms with van der Waals surface area (Å²) in [6, 6.07) is 16.0. The molecule has 1 aromatic heterocycles. The fourth-order valence-corrected chi connectivity index (χ4v) is 2.51. The largest absolute Gasteiger partial charge is 0.394 e. The van der Waals surface area contributed by atoms with Crippen molar-refractivity contribution in [3.05, 3.63) is 78.4 Å². The summed E-state index contributed by atoms with van der Waals surface area (Å²) in [7, 11) is 0. The van der Waals surface area contributed by atoms with Crippen LogP contribution in [0.2, 0.25) is 0 Å². The van der Waals surface area contributed by atoms with E-state index < -0.39 is 6.04 Å². The zero-order valence-corrected chi connectivity index (χ0v) is 13.5. The van der Waals surface area contributed by atoms with Crippen molar-refractivity contribution < 1.29 is 9.90 Å². The second kappa shape index (κ2) is 8.07. The summed E-state index contributed by atoms with van der Waals surface area (Å²) < 4.78 is 1.68. The highest BCUT2D eigenvalue weighted by molar-refractivity contribution is 5.90. The molecule has 3 N–H and O–H groups in total. The fraction of sp³-hybridized carbons (Fsp3) is 0.167. The Morgan fingerprint density at radius 3 is 2.60 bits per heavy atom. The molecule has 0 bridgehead atoms. The maximum absolute atomic E-state index is 12.3. The third kappa shape index (κ3) is 4.42. The summed E-state index contributed by atoms with van der Waals surface area (Å²) in [6.07, 6.45) is 3.09. The summed E-state index contributed by atoms with van der Waals surface area (Å²) in [4.78, 5) is 16.3. The predicted octanol–water partition coefficient (Wildman–Crippen LogP) is 2.18. The van der Waals surface area contributed by atoms with Gasteiger partial charge < -0.3 is 15.7 Å². The van der Waals surface area contributed by atoms with Crippen molar-refractivity contribution in [2.45, 2.75) is 12.6 Å². The third-order valence-corrected chi connectivity index (χ3v) is 3.75. The van der Waals surface area contributed by atoms with Gasteiger partial charge in [-0.1, -0.05) is 48.5 Å². The molecule has 1 heterocycles. The van der Waals surface area contributed by atoms with Crippen LogP contribution >= 0.6 is 0 Å². The molecular formula is C18H19N5O2. The van der Waals surface area contributed by atoms with Crippen LogP contribution in [0.25, 0.3) is 0 Å². The molecule has 128 valence electrons. The first-order chi connectivity index (χ1) is 12.3. The van der Waals surface area contributed by atoms with Crippen LogP contribution in [0.5, 0.6) is 0 Å². The van der Waals surface area contributed by atoms with Gasteiger partial charge in [0.1, 0.15) is 12.7 Å². The standard InChI is InChI=1S/C18H19N5O2/c24-11-17(14-6-2-1-3-7-14)22-18(25)21-16-9-5-4-8-15(16)10-23-13-19-12-20-23/h1-9,12-13,17,24H,10-11H2,(H2,21,22,25)/t17-/m1/s1. The van der Waals surface area contributed by atoms with E-state index in [4.69, 9.17) is 0 Å². The quantitative estimate of drug-likeness (QED) is 0.643. The van der Waals surface area contributed by atoms with Crippen molar-refractivity contribution in [1.29, 1.82) is 0 Å². The molecule has 3 aromatic rings. The molecule has 0 fully saturated rings. The fourth-order valence-electron chi connectivity index (χ4n) is 2.51. The van der Waals surface area contributed by atoms with Crippen molar-refractivity contribution in [2.75, 3.05) is 11.9 Å². The molecule has 2 aromatic carbocycles. The number of aliphatic hydroxyl groups is 1. The number of aromatic nitrogens is 3. The van der Waals surface area contributed by atoms with Gasteiger partial charge in [-0.2, -0.15) is 5.10 Å². The van der Waals surface area contributed by atoms with Crippen molar-refractivity contribution in [3.8, 4) is 0 Å². The number of para-hydroxylation sites is 1. The van der Waals surface area contributed by atoms with E-state index in [2.05, 4.69) is 20.7 Å². The van der Waals surface area contributed by atoms with E-state index in [0.717, 1.165) is 11.1 Å². The molecule has 2 amide bonds. The number of aliphatic hydroxyl groups excluding tert-OH is 1. The first-order valence-electron chi connectivity index (χ1n) is 7.90. The molecule has 0 radical (unpaired) electrons. The number of hydrogen-bond acceptors (Lipinski definition) is 4. The summed E-state index contributed by atoms with van der Waals surface area (Å²) in [5.74, 6) is 0. The minimum absolute atomic E-state index is 0.183. The minimum atomic E-state index is -0.469. The second-order valence-electron chi connectivity index (χ2n) is 5.49. The zero-order chi connectivity index (χ0) is 17.5. The van der Waals surface area contributed by atoms with Crippen LogP contribution in [-0.4, -0.2) is 32.5 Å². The van der Waals surface area contributed by atoms with Gasteiger partial charge in [-0.05, 0) is 17.2 Å². The number of hydrogen-bond donors (Lipinski definition) is 3. The average molecular weight is 337 g/mol. The van der Waals surface area contributed by atoms with Gasteiger partial charge in [0.25, 0.3) is 0 Å². The predicted molar refractivity (Wildman–Crippen MR) is 94.0 cm³/mol. The van der Waals surface area contributed by atoms with Crippen LogP contribution in [-0.2, 0) is 6.54 Å². The monoisotopic (exact) mass is 337 g/mol. The maximum atomic E-state index is 12.3. The van der Waals surface area contributed by atoms with E-state index >= 15 is 0 Å². The number of benzene rings is 2. The molecule has 0 saturated heterocycles. The minimum Gasteiger partial charge on any atom is -0.394 e. The van der Waals surface area contributed by atoms with Crippen LogP contribution in [0.3, 0.4) is 0 Å². The summed E-state index contributed by atoms with van der Waals surface area (Å²) in [5, 5.41) is 19.3. The lowest BCUT2D eigenvalue weighted by molar-refractivity contribution is 0.225. The molecule has 0 unspecified atom stereocenters. The van der Waals surface area contributed by atoms with E-state index in [9.17, 15) is 9.90 Å². The first kappa shape index (κ1) is 16.7. The van der Waals surface area contributed by atoms with Crippen molar-refractivity contribution in [2.24, 2.45) is 0 Å². The Labute approximate surface area is 145 Å². The number of amides is 2. The van der Waals surface area contributed by atoms with Gasteiger partial charge in [-0.3, -0.25) is 0 Å². The van der Waals surface area contributed by atoms with E-state index in [0.29, 0.717) is 12.2 Å². The summed E-state index contributed by atoms with van der Waals surface area (Å²) >= 11 is 0. The molecule has 0 saturated carbocycles. The van der Waals surface area contributed by atoms with Crippen molar-refractivity contribution in [3.63, 3.8) is 0 Å². The number of nitrogens with zero attached hydrogens (tertiary/aromatic N) is 3. The highest BCUT2D eigenvalue weighted by atomic mass is 16.3.